The minimum absolute atomic E-state index is 0.0162. The molecule has 1 atom stereocenters. The van der Waals surface area contributed by atoms with Crippen molar-refractivity contribution < 1.29 is 32.6 Å². The average Bonchev–Trinajstić information content (AvgIpc) is 2.50. The summed E-state index contributed by atoms with van der Waals surface area (Å²) >= 11 is 0. The fourth-order valence-corrected chi connectivity index (χ4v) is 3.03. The molecule has 1 aliphatic heterocycles. The summed E-state index contributed by atoms with van der Waals surface area (Å²) in [6, 6.07) is 0. The predicted octanol–water partition coefficient (Wildman–Crippen LogP) is -0.623. The first kappa shape index (κ1) is 20.8. The number of carboxylic acid groups (broad SMARTS) is 1. The van der Waals surface area contributed by atoms with Crippen LogP contribution in [0.25, 0.3) is 0 Å². The van der Waals surface area contributed by atoms with E-state index < -0.39 is 28.6 Å². The van der Waals surface area contributed by atoms with E-state index in [0.29, 0.717) is 13.2 Å². The Morgan fingerprint density at radius 3 is 2.71 bits per heavy atom. The number of amides is 1. The molecule has 0 spiro atoms. The van der Waals surface area contributed by atoms with Crippen molar-refractivity contribution in [3.05, 3.63) is 0 Å². The van der Waals surface area contributed by atoms with Crippen LogP contribution in [0.3, 0.4) is 0 Å². The minimum atomic E-state index is -3.67. The van der Waals surface area contributed by atoms with Crippen molar-refractivity contribution in [1.29, 1.82) is 0 Å². The molecule has 0 aromatic carbocycles. The third-order valence-corrected chi connectivity index (χ3v) is 4.76. The second-order valence-corrected chi connectivity index (χ2v) is 7.67. The third kappa shape index (κ3) is 7.56. The Labute approximate surface area is 142 Å². The van der Waals surface area contributed by atoms with E-state index in [2.05, 4.69) is 0 Å². The zero-order valence-corrected chi connectivity index (χ0v) is 15.0. The Kier molecular flexibility index (Phi) is 8.60. The van der Waals surface area contributed by atoms with Gasteiger partial charge in [0.2, 0.25) is 15.9 Å². The normalized spacial score (nSPS) is 18.8. The zero-order valence-electron chi connectivity index (χ0n) is 14.1. The Morgan fingerprint density at radius 1 is 1.42 bits per heavy atom. The first-order valence-electron chi connectivity index (χ1n) is 7.88. The molecule has 1 saturated heterocycles. The van der Waals surface area contributed by atoms with Crippen molar-refractivity contribution in [2.24, 2.45) is 0 Å². The molecule has 0 bridgehead atoms. The fourth-order valence-electron chi connectivity index (χ4n) is 2.25. The molecule has 140 valence electrons. The maximum Gasteiger partial charge on any atom is 0.318 e. The number of carbonyl (C=O) groups is 2. The number of hydrogen-bond acceptors (Lipinski definition) is 6. The number of rotatable bonds is 10. The van der Waals surface area contributed by atoms with Crippen LogP contribution >= 0.6 is 0 Å². The van der Waals surface area contributed by atoms with Gasteiger partial charge in [0.1, 0.15) is 13.2 Å². The number of sulfonamides is 1. The largest absolute Gasteiger partial charge is 0.480 e. The summed E-state index contributed by atoms with van der Waals surface area (Å²) in [5.41, 5.74) is 0. The Balaban J connectivity index is 2.54. The highest BCUT2D eigenvalue weighted by molar-refractivity contribution is 7.88. The Hall–Kier alpha value is -1.23. The molecule has 24 heavy (non-hydrogen) atoms. The van der Waals surface area contributed by atoms with Gasteiger partial charge in [-0.1, -0.05) is 13.3 Å². The number of carboxylic acids is 1. The van der Waals surface area contributed by atoms with Crippen LogP contribution in [-0.4, -0.2) is 93.0 Å². The predicted molar refractivity (Wildman–Crippen MR) is 86.1 cm³/mol. The van der Waals surface area contributed by atoms with E-state index in [1.165, 1.54) is 0 Å². The highest BCUT2D eigenvalue weighted by atomic mass is 32.2. The van der Waals surface area contributed by atoms with E-state index in [4.69, 9.17) is 14.6 Å². The monoisotopic (exact) mass is 366 g/mol. The summed E-state index contributed by atoms with van der Waals surface area (Å²) in [4.78, 5) is 24.5. The molecular weight excluding hydrogens is 340 g/mol. The van der Waals surface area contributed by atoms with Gasteiger partial charge in [0.05, 0.1) is 19.0 Å². The molecule has 1 heterocycles. The number of morpholine rings is 1. The third-order valence-electron chi connectivity index (χ3n) is 3.55. The van der Waals surface area contributed by atoms with Crippen LogP contribution in [0.15, 0.2) is 0 Å². The van der Waals surface area contributed by atoms with Gasteiger partial charge >= 0.3 is 5.97 Å². The van der Waals surface area contributed by atoms with Crippen molar-refractivity contribution in [3.8, 4) is 0 Å². The lowest BCUT2D eigenvalue weighted by molar-refractivity contribution is -0.145. The number of unbranched alkanes of at least 4 members (excludes halogenated alkanes) is 1. The first-order valence-corrected chi connectivity index (χ1v) is 9.73. The van der Waals surface area contributed by atoms with Gasteiger partial charge in [-0.05, 0) is 6.42 Å². The molecule has 1 amide bonds. The molecule has 0 aromatic heterocycles. The highest BCUT2D eigenvalue weighted by Gasteiger charge is 2.29. The topological polar surface area (TPSA) is 113 Å². The molecule has 1 unspecified atom stereocenters. The van der Waals surface area contributed by atoms with Gasteiger partial charge in [-0.3, -0.25) is 9.59 Å². The van der Waals surface area contributed by atoms with Crippen LogP contribution in [0.2, 0.25) is 0 Å². The summed E-state index contributed by atoms with van der Waals surface area (Å²) in [6.45, 7) is 2.69. The van der Waals surface area contributed by atoms with Gasteiger partial charge in [0, 0.05) is 26.2 Å². The number of ether oxygens (including phenoxy) is 2. The Bertz CT molecular complexity index is 523. The van der Waals surface area contributed by atoms with Crippen LogP contribution < -0.4 is 0 Å². The van der Waals surface area contributed by atoms with E-state index in [9.17, 15) is 18.0 Å². The van der Waals surface area contributed by atoms with Gasteiger partial charge < -0.3 is 19.5 Å². The molecule has 0 aromatic rings. The average molecular weight is 366 g/mol. The molecule has 1 fully saturated rings. The van der Waals surface area contributed by atoms with E-state index in [0.717, 1.165) is 23.4 Å². The summed E-state index contributed by atoms with van der Waals surface area (Å²) < 4.78 is 34.9. The highest BCUT2D eigenvalue weighted by Crippen LogP contribution is 2.10. The van der Waals surface area contributed by atoms with E-state index >= 15 is 0 Å². The van der Waals surface area contributed by atoms with Crippen molar-refractivity contribution in [1.82, 2.24) is 9.21 Å². The summed E-state index contributed by atoms with van der Waals surface area (Å²) in [5, 5.41) is 8.83. The lowest BCUT2D eigenvalue weighted by Crippen LogP contribution is -2.51. The van der Waals surface area contributed by atoms with E-state index in [1.807, 2.05) is 6.92 Å². The van der Waals surface area contributed by atoms with E-state index in [-0.39, 0.29) is 32.2 Å². The summed E-state index contributed by atoms with van der Waals surface area (Å²) in [6.07, 6.45) is 2.26. The van der Waals surface area contributed by atoms with Gasteiger partial charge in [0.15, 0.2) is 0 Å². The number of hydrogen-bond donors (Lipinski definition) is 1. The maximum atomic E-state index is 12.1. The summed E-state index contributed by atoms with van der Waals surface area (Å²) in [5.74, 6) is -1.42. The molecule has 0 radical (unpaired) electrons. The van der Waals surface area contributed by atoms with Gasteiger partial charge in [-0.2, -0.15) is 4.31 Å². The first-order chi connectivity index (χ1) is 11.2. The molecule has 9 nitrogen and oxygen atoms in total. The van der Waals surface area contributed by atoms with Crippen LogP contribution in [0.5, 0.6) is 0 Å². The molecule has 1 aliphatic rings. The van der Waals surface area contributed by atoms with Gasteiger partial charge in [0.25, 0.3) is 0 Å². The number of carbonyl (C=O) groups excluding carboxylic acids is 1. The maximum absolute atomic E-state index is 12.1. The molecule has 0 saturated carbocycles. The quantitative estimate of drug-likeness (QED) is 0.512. The molecule has 1 N–H and O–H groups in total. The van der Waals surface area contributed by atoms with Crippen LogP contribution in [0.4, 0.5) is 0 Å². The molecule has 0 aliphatic carbocycles. The van der Waals surface area contributed by atoms with E-state index in [1.54, 1.807) is 4.90 Å². The second-order valence-electron chi connectivity index (χ2n) is 5.69. The molecule has 10 heteroatoms. The minimum Gasteiger partial charge on any atom is -0.480 e. The van der Waals surface area contributed by atoms with Gasteiger partial charge in [-0.15, -0.1) is 0 Å². The number of aliphatic carboxylic acids is 1. The lowest BCUT2D eigenvalue weighted by Gasteiger charge is -2.34. The van der Waals surface area contributed by atoms with Crippen molar-refractivity contribution in [3.63, 3.8) is 0 Å². The smallest absolute Gasteiger partial charge is 0.318 e. The number of nitrogens with zero attached hydrogens (tertiary/aromatic N) is 2. The SMILES string of the molecule is CCCCOCC(=O)N1CCOC(CN(CC(=O)O)S(C)(=O)=O)C1. The van der Waals surface area contributed by atoms with Crippen molar-refractivity contribution >= 4 is 21.9 Å². The Morgan fingerprint density at radius 2 is 2.12 bits per heavy atom. The molecule has 1 rings (SSSR count). The van der Waals surface area contributed by atoms with Crippen molar-refractivity contribution in [2.75, 3.05) is 52.3 Å². The van der Waals surface area contributed by atoms with Crippen molar-refractivity contribution in [2.45, 2.75) is 25.9 Å². The van der Waals surface area contributed by atoms with Gasteiger partial charge in [-0.25, -0.2) is 8.42 Å². The van der Waals surface area contributed by atoms with Crippen LogP contribution in [0, 0.1) is 0 Å². The standard InChI is InChI=1S/C14H26N2O7S/c1-3-4-6-22-11-13(17)15-5-7-23-12(8-15)9-16(10-14(18)19)24(2,20)21/h12H,3-11H2,1-2H3,(H,18,19). The summed E-state index contributed by atoms with van der Waals surface area (Å²) in [7, 11) is -3.67. The van der Waals surface area contributed by atoms with Crippen LogP contribution in [0.1, 0.15) is 19.8 Å². The molecular formula is C14H26N2O7S. The lowest BCUT2D eigenvalue weighted by atomic mass is 10.2. The van der Waals surface area contributed by atoms with Crippen LogP contribution in [-0.2, 0) is 29.1 Å². The zero-order chi connectivity index (χ0) is 18.2. The second kappa shape index (κ2) is 9.92. The fraction of sp³-hybridized carbons (Fsp3) is 0.857.